The van der Waals surface area contributed by atoms with Gasteiger partial charge < -0.3 is 15.4 Å². The van der Waals surface area contributed by atoms with E-state index >= 15 is 0 Å². The molecule has 4 N–H and O–H groups in total. The number of benzene rings is 1. The fourth-order valence-corrected chi connectivity index (χ4v) is 6.23. The van der Waals surface area contributed by atoms with Gasteiger partial charge in [0.2, 0.25) is 5.91 Å². The van der Waals surface area contributed by atoms with Gasteiger partial charge in [0.05, 0.1) is 12.7 Å². The van der Waals surface area contributed by atoms with Crippen molar-refractivity contribution in [2.75, 3.05) is 5.75 Å². The number of nitrogens with zero attached hydrogens (tertiary/aromatic N) is 3. The predicted octanol–water partition coefficient (Wildman–Crippen LogP) is 0.677. The van der Waals surface area contributed by atoms with E-state index in [1.54, 1.807) is 0 Å². The molecule has 13 heteroatoms. The van der Waals surface area contributed by atoms with Crippen LogP contribution in [0.4, 0.5) is 0 Å². The summed E-state index contributed by atoms with van der Waals surface area (Å²) in [5.74, 6) is -1.80. The molecule has 1 aromatic carbocycles. The molecule has 0 radical (unpaired) electrons. The van der Waals surface area contributed by atoms with E-state index in [1.807, 2.05) is 30.3 Å². The number of hydrogen-bond acceptors (Lipinski definition) is 8. The first kappa shape index (κ1) is 21.3. The highest BCUT2D eigenvalue weighted by Gasteiger charge is 2.54. The van der Waals surface area contributed by atoms with Gasteiger partial charge >= 0.3 is 11.7 Å². The van der Waals surface area contributed by atoms with Crippen LogP contribution in [0, 0.1) is 0 Å². The molecule has 0 bridgehead atoms. The number of carboxylic acid groups (broad SMARTS) is 1. The van der Waals surface area contributed by atoms with E-state index in [-0.39, 0.29) is 28.8 Å². The number of hydrogen-bond donors (Lipinski definition) is 4. The molecule has 2 aromatic heterocycles. The second-order valence-corrected chi connectivity index (χ2v) is 9.46. The van der Waals surface area contributed by atoms with Crippen LogP contribution in [0.3, 0.4) is 0 Å². The SMILES string of the molecule is O=C(Cc1ccccc1)NC1C(=O)N2C(C(=O)O)=C(Sc3nc(=O)[nH]c4nc[nH]c34)CS[C@H]12. The average molecular weight is 485 g/mol. The van der Waals surface area contributed by atoms with Crippen LogP contribution in [0.5, 0.6) is 0 Å². The molecule has 2 aliphatic heterocycles. The maximum Gasteiger partial charge on any atom is 0.353 e. The van der Waals surface area contributed by atoms with E-state index in [2.05, 4.69) is 25.3 Å². The maximum absolute atomic E-state index is 12.8. The number of H-pyrrole nitrogens is 2. The van der Waals surface area contributed by atoms with Crippen molar-refractivity contribution in [2.45, 2.75) is 22.9 Å². The monoisotopic (exact) mass is 484 g/mol. The zero-order valence-corrected chi connectivity index (χ0v) is 18.4. The fraction of sp³-hybridized carbons (Fsp3) is 0.200. The Bertz CT molecular complexity index is 1370. The molecule has 1 fully saturated rings. The Morgan fingerprint density at radius 2 is 2.06 bits per heavy atom. The predicted molar refractivity (Wildman–Crippen MR) is 120 cm³/mol. The third kappa shape index (κ3) is 3.89. The number of carbonyl (C=O) groups is 3. The number of rotatable bonds is 6. The minimum atomic E-state index is -1.27. The van der Waals surface area contributed by atoms with Crippen LogP contribution in [-0.4, -0.2) is 64.9 Å². The fourth-order valence-electron chi connectivity index (χ4n) is 3.69. The smallest absolute Gasteiger partial charge is 0.353 e. The Kier molecular flexibility index (Phi) is 5.42. The third-order valence-electron chi connectivity index (χ3n) is 5.16. The Hall–Kier alpha value is -3.58. The van der Waals surface area contributed by atoms with Crippen LogP contribution < -0.4 is 11.0 Å². The molecule has 4 heterocycles. The Morgan fingerprint density at radius 1 is 1.27 bits per heavy atom. The first-order valence-corrected chi connectivity index (χ1v) is 11.6. The second-order valence-electron chi connectivity index (χ2n) is 7.27. The molecule has 0 aliphatic carbocycles. The summed E-state index contributed by atoms with van der Waals surface area (Å²) < 4.78 is 0. The lowest BCUT2D eigenvalue weighted by molar-refractivity contribution is -0.150. The zero-order valence-electron chi connectivity index (χ0n) is 16.8. The Labute approximate surface area is 194 Å². The van der Waals surface area contributed by atoms with E-state index in [0.29, 0.717) is 16.1 Å². The summed E-state index contributed by atoms with van der Waals surface area (Å²) in [7, 11) is 0. The molecule has 0 saturated carbocycles. The minimum absolute atomic E-state index is 0.124. The second kappa shape index (κ2) is 8.41. The quantitative estimate of drug-likeness (QED) is 0.291. The van der Waals surface area contributed by atoms with Crippen LogP contribution >= 0.6 is 23.5 Å². The normalized spacial score (nSPS) is 19.9. The van der Waals surface area contributed by atoms with E-state index in [0.717, 1.165) is 17.3 Å². The van der Waals surface area contributed by atoms with Crippen molar-refractivity contribution in [2.24, 2.45) is 0 Å². The maximum atomic E-state index is 12.8. The molecule has 5 rings (SSSR count). The van der Waals surface area contributed by atoms with Crippen LogP contribution in [-0.2, 0) is 20.8 Å². The summed E-state index contributed by atoms with van der Waals surface area (Å²) in [6.45, 7) is 0. The first-order valence-electron chi connectivity index (χ1n) is 9.78. The molecule has 1 saturated heterocycles. The van der Waals surface area contributed by atoms with E-state index in [9.17, 15) is 24.3 Å². The lowest BCUT2D eigenvalue weighted by Crippen LogP contribution is -2.70. The van der Waals surface area contributed by atoms with Crippen molar-refractivity contribution < 1.29 is 19.5 Å². The van der Waals surface area contributed by atoms with Crippen molar-refractivity contribution in [3.05, 3.63) is 63.3 Å². The summed E-state index contributed by atoms with van der Waals surface area (Å²) in [5.41, 5.74) is 0.798. The first-order chi connectivity index (χ1) is 15.9. The highest BCUT2D eigenvalue weighted by atomic mass is 32.2. The van der Waals surface area contributed by atoms with Gasteiger partial charge in [-0.25, -0.2) is 14.6 Å². The number of thioether (sulfide) groups is 2. The van der Waals surface area contributed by atoms with Gasteiger partial charge in [-0.2, -0.15) is 4.98 Å². The number of imidazole rings is 1. The average Bonchev–Trinajstić information content (AvgIpc) is 3.26. The van der Waals surface area contributed by atoms with Gasteiger partial charge in [0.15, 0.2) is 5.65 Å². The van der Waals surface area contributed by atoms with Gasteiger partial charge in [0.25, 0.3) is 5.91 Å². The number of aromatic nitrogens is 4. The molecular weight excluding hydrogens is 468 g/mol. The highest BCUT2D eigenvalue weighted by molar-refractivity contribution is 8.06. The van der Waals surface area contributed by atoms with E-state index in [1.165, 1.54) is 23.0 Å². The van der Waals surface area contributed by atoms with Crippen molar-refractivity contribution in [1.82, 2.24) is 30.2 Å². The number of nitrogens with one attached hydrogen (secondary N) is 3. The van der Waals surface area contributed by atoms with E-state index in [4.69, 9.17) is 0 Å². The van der Waals surface area contributed by atoms with Crippen molar-refractivity contribution in [1.29, 1.82) is 0 Å². The molecular formula is C20H16N6O5S2. The number of aromatic amines is 2. The lowest BCUT2D eigenvalue weighted by Gasteiger charge is -2.49. The Balaban J connectivity index is 1.37. The summed E-state index contributed by atoms with van der Waals surface area (Å²) in [6.07, 6.45) is 1.52. The number of fused-ring (bicyclic) bond motifs is 2. The molecule has 168 valence electrons. The van der Waals surface area contributed by atoms with Gasteiger partial charge in [-0.15, -0.1) is 11.8 Å². The summed E-state index contributed by atoms with van der Waals surface area (Å²) >= 11 is 2.34. The number of aliphatic carboxylic acids is 1. The number of amides is 2. The molecule has 2 amide bonds. The number of carboxylic acids is 1. The summed E-state index contributed by atoms with van der Waals surface area (Å²) in [5, 5.41) is 12.3. The molecule has 1 unspecified atom stereocenters. The van der Waals surface area contributed by atoms with E-state index < -0.39 is 29.0 Å². The lowest BCUT2D eigenvalue weighted by atomic mass is 10.0. The van der Waals surface area contributed by atoms with Crippen LogP contribution in [0.15, 0.2) is 57.1 Å². The van der Waals surface area contributed by atoms with Crippen LogP contribution in [0.25, 0.3) is 11.2 Å². The minimum Gasteiger partial charge on any atom is -0.477 e. The molecule has 2 atom stereocenters. The van der Waals surface area contributed by atoms with Gasteiger partial charge in [0, 0.05) is 10.7 Å². The van der Waals surface area contributed by atoms with Crippen molar-refractivity contribution in [3.8, 4) is 0 Å². The standard InChI is InChI=1S/C20H16N6O5S2/c27-11(6-9-4-2-1-3-5-9)23-13-17(28)26-14(19(29)30)10(7-32-18(13)26)33-16-12-15(22-8-21-12)24-20(31)25-16/h1-5,8,13,18H,6-7H2,(H,23,27)(H,29,30)(H2,21,22,24,25,31)/t13?,18-/m1/s1. The molecule has 2 aliphatic rings. The summed E-state index contributed by atoms with van der Waals surface area (Å²) in [6, 6.07) is 8.33. The Morgan fingerprint density at radius 3 is 2.82 bits per heavy atom. The summed E-state index contributed by atoms with van der Waals surface area (Å²) in [4.78, 5) is 64.0. The zero-order chi connectivity index (χ0) is 23.1. The number of β-lactam (4-membered cyclic amide) rings is 1. The highest BCUT2D eigenvalue weighted by Crippen LogP contribution is 2.45. The molecule has 3 aromatic rings. The van der Waals surface area contributed by atoms with Crippen molar-refractivity contribution >= 4 is 52.5 Å². The third-order valence-corrected chi connectivity index (χ3v) is 7.70. The topological polar surface area (TPSA) is 161 Å². The largest absolute Gasteiger partial charge is 0.477 e. The van der Waals surface area contributed by atoms with Gasteiger partial charge in [-0.1, -0.05) is 42.1 Å². The van der Waals surface area contributed by atoms with Gasteiger partial charge in [-0.05, 0) is 5.56 Å². The molecule has 33 heavy (non-hydrogen) atoms. The van der Waals surface area contributed by atoms with Gasteiger partial charge in [-0.3, -0.25) is 19.5 Å². The number of carbonyl (C=O) groups excluding carboxylic acids is 2. The van der Waals surface area contributed by atoms with Gasteiger partial charge in [0.1, 0.15) is 27.7 Å². The molecule has 11 nitrogen and oxygen atoms in total. The van der Waals surface area contributed by atoms with Crippen LogP contribution in [0.1, 0.15) is 5.56 Å². The van der Waals surface area contributed by atoms with Crippen LogP contribution in [0.2, 0.25) is 0 Å². The van der Waals surface area contributed by atoms with Crippen molar-refractivity contribution in [3.63, 3.8) is 0 Å². The molecule has 0 spiro atoms.